The average Bonchev–Trinajstić information content (AvgIpc) is 3.42. The molecule has 0 bridgehead atoms. The predicted octanol–water partition coefficient (Wildman–Crippen LogP) is 6.76. The predicted molar refractivity (Wildman–Crippen MR) is 158 cm³/mol. The number of amides is 2. The lowest BCUT2D eigenvalue weighted by atomic mass is 9.87. The van der Waals surface area contributed by atoms with Gasteiger partial charge in [0.05, 0.1) is 12.0 Å². The number of hydrogen-bond donors (Lipinski definition) is 2. The lowest BCUT2D eigenvalue weighted by Gasteiger charge is -2.32. The first kappa shape index (κ1) is 29.3. The van der Waals surface area contributed by atoms with Crippen molar-refractivity contribution in [2.75, 3.05) is 11.9 Å². The first-order valence-corrected chi connectivity index (χ1v) is 13.9. The minimum atomic E-state index is -1.08. The molecule has 0 aliphatic carbocycles. The molecule has 5 rings (SSSR count). The van der Waals surface area contributed by atoms with E-state index >= 15 is 0 Å². The van der Waals surface area contributed by atoms with E-state index in [9.17, 15) is 23.9 Å². The molecule has 2 N–H and O–H groups in total. The summed E-state index contributed by atoms with van der Waals surface area (Å²) < 4.78 is 24.9. The zero-order chi connectivity index (χ0) is 30.2. The number of carboxylic acids is 1. The molecule has 220 valence electrons. The van der Waals surface area contributed by atoms with Crippen molar-refractivity contribution in [3.8, 4) is 5.75 Å². The van der Waals surface area contributed by atoms with E-state index in [0.717, 1.165) is 16.0 Å². The Labute approximate surface area is 248 Å². The number of anilines is 1. The van der Waals surface area contributed by atoms with E-state index in [-0.39, 0.29) is 19.4 Å². The van der Waals surface area contributed by atoms with Gasteiger partial charge in [0.2, 0.25) is 5.91 Å². The number of imide groups is 1. The van der Waals surface area contributed by atoms with Gasteiger partial charge in [0.25, 0.3) is 0 Å². The number of hydrogen-bond acceptors (Lipinski definition) is 6. The molecule has 0 saturated carbocycles. The van der Waals surface area contributed by atoms with Crippen molar-refractivity contribution in [3.63, 3.8) is 0 Å². The fraction of sp³-hybridized carbons (Fsp3) is 0.206. The highest BCUT2D eigenvalue weighted by molar-refractivity contribution is 5.95. The number of cyclic esters (lactones) is 1. The van der Waals surface area contributed by atoms with Crippen LogP contribution in [0, 0.1) is 11.7 Å². The van der Waals surface area contributed by atoms with Gasteiger partial charge in [-0.25, -0.2) is 14.1 Å². The van der Waals surface area contributed by atoms with Crippen LogP contribution >= 0.6 is 0 Å². The number of carboxylic acid groups (broad SMARTS) is 1. The van der Waals surface area contributed by atoms with Gasteiger partial charge in [0.15, 0.2) is 0 Å². The second-order valence-electron chi connectivity index (χ2n) is 10.2. The van der Waals surface area contributed by atoms with Crippen LogP contribution in [-0.4, -0.2) is 34.6 Å². The largest absolute Gasteiger partial charge is 0.489 e. The molecule has 1 aliphatic heterocycles. The summed E-state index contributed by atoms with van der Waals surface area (Å²) in [5.41, 5.74) is 2.91. The van der Waals surface area contributed by atoms with E-state index in [4.69, 9.17) is 9.47 Å². The van der Waals surface area contributed by atoms with E-state index in [0.29, 0.717) is 23.6 Å². The molecule has 43 heavy (non-hydrogen) atoms. The van der Waals surface area contributed by atoms with Crippen molar-refractivity contribution in [1.29, 1.82) is 0 Å². The molecule has 0 spiro atoms. The number of aliphatic carboxylic acids is 1. The van der Waals surface area contributed by atoms with Crippen LogP contribution in [0.1, 0.15) is 41.6 Å². The average molecular weight is 583 g/mol. The summed E-state index contributed by atoms with van der Waals surface area (Å²) in [4.78, 5) is 39.9. The van der Waals surface area contributed by atoms with E-state index < -0.39 is 41.8 Å². The maximum Gasteiger partial charge on any atom is 0.417 e. The molecule has 4 aromatic carbocycles. The maximum atomic E-state index is 14.2. The van der Waals surface area contributed by atoms with Crippen molar-refractivity contribution < 1.29 is 33.4 Å². The summed E-state index contributed by atoms with van der Waals surface area (Å²) in [5.74, 6) is -2.46. The number of carbonyl (C=O) groups is 3. The summed E-state index contributed by atoms with van der Waals surface area (Å²) in [6, 6.07) is 30.1. The molecular formula is C34H31FN2O6. The minimum absolute atomic E-state index is 0.0102. The molecule has 0 aromatic heterocycles. The molecule has 1 fully saturated rings. The van der Waals surface area contributed by atoms with Gasteiger partial charge in [-0.3, -0.25) is 9.59 Å². The van der Waals surface area contributed by atoms with Gasteiger partial charge in [-0.15, -0.1) is 0 Å². The van der Waals surface area contributed by atoms with Gasteiger partial charge in [-0.05, 0) is 59.5 Å². The topological polar surface area (TPSA) is 105 Å². The summed E-state index contributed by atoms with van der Waals surface area (Å²) in [6.45, 7) is 0.360. The van der Waals surface area contributed by atoms with Crippen LogP contribution in [0.5, 0.6) is 5.75 Å². The highest BCUT2D eigenvalue weighted by atomic mass is 19.1. The molecule has 0 radical (unpaired) electrons. The van der Waals surface area contributed by atoms with Crippen molar-refractivity contribution in [1.82, 2.24) is 4.90 Å². The lowest BCUT2D eigenvalue weighted by molar-refractivity contribution is -0.138. The number of rotatable bonds is 12. The van der Waals surface area contributed by atoms with E-state index in [2.05, 4.69) is 5.32 Å². The van der Waals surface area contributed by atoms with Crippen LogP contribution in [0.4, 0.5) is 14.9 Å². The zero-order valence-electron chi connectivity index (χ0n) is 23.3. The Morgan fingerprint density at radius 2 is 1.58 bits per heavy atom. The van der Waals surface area contributed by atoms with Crippen molar-refractivity contribution >= 4 is 23.7 Å². The zero-order valence-corrected chi connectivity index (χ0v) is 23.3. The molecule has 1 aliphatic rings. The number of ether oxygens (including phenoxy) is 2. The van der Waals surface area contributed by atoms with E-state index in [1.165, 1.54) is 24.3 Å². The molecule has 1 heterocycles. The Kier molecular flexibility index (Phi) is 9.31. The minimum Gasteiger partial charge on any atom is -0.489 e. The van der Waals surface area contributed by atoms with Gasteiger partial charge < -0.3 is 19.9 Å². The Bertz CT molecular complexity index is 1530. The van der Waals surface area contributed by atoms with Gasteiger partial charge >= 0.3 is 12.1 Å². The highest BCUT2D eigenvalue weighted by Crippen LogP contribution is 2.37. The summed E-state index contributed by atoms with van der Waals surface area (Å²) in [5, 5.41) is 12.9. The van der Waals surface area contributed by atoms with Crippen LogP contribution in [0.15, 0.2) is 109 Å². The maximum absolute atomic E-state index is 14.2. The number of carbonyl (C=O) groups excluding carboxylic acids is 2. The Balaban J connectivity index is 1.48. The normalized spacial score (nSPS) is 15.8. The molecular weight excluding hydrogens is 551 g/mol. The van der Waals surface area contributed by atoms with Gasteiger partial charge in [0, 0.05) is 12.1 Å². The Hall–Kier alpha value is -5.18. The molecule has 2 amide bonds. The van der Waals surface area contributed by atoms with E-state index in [1.54, 1.807) is 24.3 Å². The number of nitrogens with zero attached hydrogens (tertiary/aromatic N) is 1. The van der Waals surface area contributed by atoms with Crippen molar-refractivity contribution in [3.05, 3.63) is 132 Å². The Morgan fingerprint density at radius 1 is 0.930 bits per heavy atom. The van der Waals surface area contributed by atoms with E-state index in [1.807, 2.05) is 60.7 Å². The molecule has 8 nitrogen and oxygen atoms in total. The first-order valence-electron chi connectivity index (χ1n) is 13.9. The summed E-state index contributed by atoms with van der Waals surface area (Å²) >= 11 is 0. The van der Waals surface area contributed by atoms with Gasteiger partial charge in [0.1, 0.15) is 30.8 Å². The van der Waals surface area contributed by atoms with Crippen LogP contribution in [-0.2, 0) is 20.9 Å². The van der Waals surface area contributed by atoms with Crippen LogP contribution in [0.25, 0.3) is 0 Å². The molecule has 9 heteroatoms. The van der Waals surface area contributed by atoms with Crippen molar-refractivity contribution in [2.45, 2.75) is 31.5 Å². The third kappa shape index (κ3) is 7.37. The summed E-state index contributed by atoms with van der Waals surface area (Å²) in [7, 11) is 0. The quantitative estimate of drug-likeness (QED) is 0.190. The fourth-order valence-electron chi connectivity index (χ4n) is 5.13. The Morgan fingerprint density at radius 3 is 2.23 bits per heavy atom. The lowest BCUT2D eigenvalue weighted by Crippen LogP contribution is -2.42. The molecule has 3 atom stereocenters. The highest BCUT2D eigenvalue weighted by Gasteiger charge is 2.44. The first-order chi connectivity index (χ1) is 20.9. The standard InChI is InChI=1S/C34H31FN2O6/c35-26-13-15-27(16-14-26)36-32(25-11-17-28(18-12-25)42-21-23-7-3-1-4-8-23)29(19-20-31(38)39)33(40)37-30(22-43-34(37)41)24-9-5-2-6-10-24/h1-18,29-30,32,36H,19-22H2,(H,38,39). The van der Waals surface area contributed by atoms with Crippen molar-refractivity contribution in [2.24, 2.45) is 5.92 Å². The fourth-order valence-corrected chi connectivity index (χ4v) is 5.13. The second kappa shape index (κ2) is 13.7. The number of benzene rings is 4. The van der Waals surface area contributed by atoms with Crippen LogP contribution in [0.3, 0.4) is 0 Å². The smallest absolute Gasteiger partial charge is 0.417 e. The number of nitrogens with one attached hydrogen (secondary N) is 1. The van der Waals surface area contributed by atoms with Gasteiger partial charge in [-0.2, -0.15) is 0 Å². The number of halogens is 1. The van der Waals surface area contributed by atoms with Gasteiger partial charge in [-0.1, -0.05) is 72.8 Å². The van der Waals surface area contributed by atoms with Crippen LogP contribution in [0.2, 0.25) is 0 Å². The molecule has 1 saturated heterocycles. The van der Waals surface area contributed by atoms with Crippen LogP contribution < -0.4 is 10.1 Å². The SMILES string of the molecule is O=C(O)CCC(C(=O)N1C(=O)OCC1c1ccccc1)C(Nc1ccc(F)cc1)c1ccc(OCc2ccccc2)cc1. The summed E-state index contributed by atoms with van der Waals surface area (Å²) in [6.07, 6.45) is -1.16. The molecule has 4 aromatic rings. The molecule has 3 unspecified atom stereocenters. The second-order valence-corrected chi connectivity index (χ2v) is 10.2. The third-order valence-corrected chi connectivity index (χ3v) is 7.34. The monoisotopic (exact) mass is 582 g/mol. The third-order valence-electron chi connectivity index (χ3n) is 7.34.